The summed E-state index contributed by atoms with van der Waals surface area (Å²) in [6, 6.07) is 18.8. The Hall–Kier alpha value is -2.43. The predicted molar refractivity (Wildman–Crippen MR) is 109 cm³/mol. The molecule has 3 nitrogen and oxygen atoms in total. The third-order valence-corrected chi connectivity index (χ3v) is 5.69. The molecule has 2 heterocycles. The number of nitrogens with zero attached hydrogens (tertiary/aromatic N) is 2. The van der Waals surface area contributed by atoms with Crippen LogP contribution >= 0.6 is 11.3 Å². The molecule has 1 N–H and O–H groups in total. The van der Waals surface area contributed by atoms with E-state index in [1.165, 1.54) is 11.1 Å². The third-order valence-electron chi connectivity index (χ3n) is 4.66. The van der Waals surface area contributed by atoms with Crippen LogP contribution < -0.4 is 0 Å². The fourth-order valence-corrected chi connectivity index (χ4v) is 4.14. The number of thiazole rings is 1. The van der Waals surface area contributed by atoms with Gasteiger partial charge in [-0.15, -0.1) is 0 Å². The van der Waals surface area contributed by atoms with Crippen molar-refractivity contribution >= 4 is 16.3 Å². The molecule has 4 aromatic rings. The van der Waals surface area contributed by atoms with Crippen molar-refractivity contribution in [2.45, 2.75) is 32.8 Å². The number of hydrogen-bond donors (Lipinski definition) is 1. The quantitative estimate of drug-likeness (QED) is 0.521. The Morgan fingerprint density at radius 1 is 0.962 bits per heavy atom. The van der Waals surface area contributed by atoms with Crippen molar-refractivity contribution in [2.24, 2.45) is 0 Å². The summed E-state index contributed by atoms with van der Waals surface area (Å²) < 4.78 is 2.01. The van der Waals surface area contributed by atoms with Gasteiger partial charge in [-0.3, -0.25) is 4.40 Å². The molecule has 4 rings (SSSR count). The van der Waals surface area contributed by atoms with Gasteiger partial charge in [-0.25, -0.2) is 4.98 Å². The van der Waals surface area contributed by atoms with Crippen molar-refractivity contribution in [1.29, 1.82) is 0 Å². The summed E-state index contributed by atoms with van der Waals surface area (Å²) in [4.78, 5) is 6.87. The lowest BCUT2D eigenvalue weighted by Crippen LogP contribution is -2.10. The van der Waals surface area contributed by atoms with Crippen molar-refractivity contribution in [1.82, 2.24) is 9.38 Å². The number of rotatable bonds is 3. The van der Waals surface area contributed by atoms with Gasteiger partial charge in [0.1, 0.15) is 0 Å². The standard InChI is InChI=1S/C22H22N2OS/c1-22(2,3)17-11-9-16(10-12-17)20-18(14-25)24-13-19(26-21(24)23-20)15-7-5-4-6-8-15/h4-13,25H,14H2,1-3H3. The number of imidazole rings is 1. The van der Waals surface area contributed by atoms with Crippen molar-refractivity contribution in [3.8, 4) is 21.7 Å². The van der Waals surface area contributed by atoms with E-state index in [-0.39, 0.29) is 12.0 Å². The molecular formula is C22H22N2OS. The molecule has 0 fully saturated rings. The zero-order chi connectivity index (χ0) is 18.3. The van der Waals surface area contributed by atoms with E-state index in [4.69, 9.17) is 4.98 Å². The summed E-state index contributed by atoms with van der Waals surface area (Å²) in [6.45, 7) is 6.58. The lowest BCUT2D eigenvalue weighted by atomic mass is 9.86. The predicted octanol–water partition coefficient (Wildman–Crippen LogP) is 5.52. The molecule has 2 aromatic carbocycles. The number of benzene rings is 2. The van der Waals surface area contributed by atoms with Crippen molar-refractivity contribution in [2.75, 3.05) is 0 Å². The molecule has 4 heteroatoms. The van der Waals surface area contributed by atoms with E-state index in [0.717, 1.165) is 26.8 Å². The number of aromatic nitrogens is 2. The second-order valence-corrected chi connectivity index (χ2v) is 8.52. The van der Waals surface area contributed by atoms with Crippen molar-refractivity contribution in [3.63, 3.8) is 0 Å². The minimum absolute atomic E-state index is 0.0392. The topological polar surface area (TPSA) is 37.5 Å². The van der Waals surface area contributed by atoms with Gasteiger partial charge in [-0.2, -0.15) is 0 Å². The van der Waals surface area contributed by atoms with Gasteiger partial charge in [0, 0.05) is 11.8 Å². The second kappa shape index (κ2) is 6.38. The number of aliphatic hydroxyl groups is 1. The Balaban J connectivity index is 1.78. The molecule has 0 unspecified atom stereocenters. The van der Waals surface area contributed by atoms with E-state index in [9.17, 15) is 5.11 Å². The van der Waals surface area contributed by atoms with Gasteiger partial charge in [-0.1, -0.05) is 86.7 Å². The lowest BCUT2D eigenvalue weighted by molar-refractivity contribution is 0.276. The second-order valence-electron chi connectivity index (χ2n) is 7.51. The highest BCUT2D eigenvalue weighted by atomic mass is 32.1. The highest BCUT2D eigenvalue weighted by molar-refractivity contribution is 7.20. The first-order valence-electron chi connectivity index (χ1n) is 8.75. The minimum Gasteiger partial charge on any atom is -0.390 e. The van der Waals surface area contributed by atoms with Crippen LogP contribution in [-0.2, 0) is 12.0 Å². The van der Waals surface area contributed by atoms with Gasteiger partial charge in [0.25, 0.3) is 0 Å². The molecule has 2 aromatic heterocycles. The Labute approximate surface area is 157 Å². The molecule has 26 heavy (non-hydrogen) atoms. The first kappa shape index (κ1) is 17.0. The SMILES string of the molecule is CC(C)(C)c1ccc(-c2nc3sc(-c4ccccc4)cn3c2CO)cc1. The largest absolute Gasteiger partial charge is 0.390 e. The zero-order valence-electron chi connectivity index (χ0n) is 15.2. The highest BCUT2D eigenvalue weighted by Crippen LogP contribution is 2.34. The summed E-state index contributed by atoms with van der Waals surface area (Å²) in [5, 5.41) is 9.97. The monoisotopic (exact) mass is 362 g/mol. The first-order valence-corrected chi connectivity index (χ1v) is 9.57. The lowest BCUT2D eigenvalue weighted by Gasteiger charge is -2.19. The molecule has 0 atom stereocenters. The molecule has 0 amide bonds. The van der Waals surface area contributed by atoms with Crippen LogP contribution in [0.4, 0.5) is 0 Å². The van der Waals surface area contributed by atoms with E-state index >= 15 is 0 Å². The van der Waals surface area contributed by atoms with Crippen LogP contribution in [0.5, 0.6) is 0 Å². The summed E-state index contributed by atoms with van der Waals surface area (Å²) in [7, 11) is 0. The van der Waals surface area contributed by atoms with Crippen LogP contribution in [0, 0.1) is 0 Å². The van der Waals surface area contributed by atoms with Gasteiger partial charge in [-0.05, 0) is 16.5 Å². The van der Waals surface area contributed by atoms with E-state index < -0.39 is 0 Å². The molecule has 0 saturated heterocycles. The maximum Gasteiger partial charge on any atom is 0.195 e. The van der Waals surface area contributed by atoms with Crippen LogP contribution in [-0.4, -0.2) is 14.5 Å². The van der Waals surface area contributed by atoms with Gasteiger partial charge in [0.15, 0.2) is 4.96 Å². The molecule has 0 aliphatic carbocycles. The number of fused-ring (bicyclic) bond motifs is 1. The number of hydrogen-bond acceptors (Lipinski definition) is 3. The van der Waals surface area contributed by atoms with Crippen LogP contribution in [0.1, 0.15) is 32.0 Å². The fraction of sp³-hybridized carbons (Fsp3) is 0.227. The summed E-state index contributed by atoms with van der Waals surface area (Å²) in [5.41, 5.74) is 5.32. The molecule has 0 bridgehead atoms. The molecule has 0 radical (unpaired) electrons. The fourth-order valence-electron chi connectivity index (χ4n) is 3.14. The Morgan fingerprint density at radius 3 is 2.27 bits per heavy atom. The van der Waals surface area contributed by atoms with Crippen LogP contribution in [0.2, 0.25) is 0 Å². The Morgan fingerprint density at radius 2 is 1.65 bits per heavy atom. The van der Waals surface area contributed by atoms with Gasteiger partial charge < -0.3 is 5.11 Å². The maximum absolute atomic E-state index is 9.97. The van der Waals surface area contributed by atoms with Gasteiger partial charge in [0.2, 0.25) is 0 Å². The van der Waals surface area contributed by atoms with Crippen LogP contribution in [0.25, 0.3) is 26.7 Å². The van der Waals surface area contributed by atoms with Crippen molar-refractivity contribution in [3.05, 3.63) is 72.1 Å². The molecule has 132 valence electrons. The molecule has 0 spiro atoms. The molecule has 0 saturated carbocycles. The summed E-state index contributed by atoms with van der Waals surface area (Å²) in [5.74, 6) is 0. The third kappa shape index (κ3) is 2.96. The van der Waals surface area contributed by atoms with Crippen LogP contribution in [0.3, 0.4) is 0 Å². The maximum atomic E-state index is 9.97. The zero-order valence-corrected chi connectivity index (χ0v) is 16.0. The Bertz CT molecular complexity index is 1040. The van der Waals surface area contributed by atoms with Crippen molar-refractivity contribution < 1.29 is 5.11 Å². The Kier molecular flexibility index (Phi) is 4.17. The molecule has 0 aliphatic rings. The number of aliphatic hydroxyl groups excluding tert-OH is 1. The summed E-state index contributed by atoms with van der Waals surface area (Å²) >= 11 is 1.64. The van der Waals surface area contributed by atoms with E-state index in [2.05, 4.69) is 63.4 Å². The normalized spacial score (nSPS) is 12.0. The molecule has 0 aliphatic heterocycles. The summed E-state index contributed by atoms with van der Waals surface area (Å²) in [6.07, 6.45) is 2.07. The van der Waals surface area contributed by atoms with Gasteiger partial charge in [0.05, 0.1) is 22.9 Å². The smallest absolute Gasteiger partial charge is 0.195 e. The average molecular weight is 362 g/mol. The molecular weight excluding hydrogens is 340 g/mol. The average Bonchev–Trinajstić information content (AvgIpc) is 3.19. The first-order chi connectivity index (χ1) is 12.5. The van der Waals surface area contributed by atoms with E-state index in [1.54, 1.807) is 11.3 Å². The van der Waals surface area contributed by atoms with Gasteiger partial charge >= 0.3 is 0 Å². The van der Waals surface area contributed by atoms with Crippen LogP contribution in [0.15, 0.2) is 60.8 Å². The van der Waals surface area contributed by atoms with E-state index in [1.807, 2.05) is 22.6 Å². The highest BCUT2D eigenvalue weighted by Gasteiger charge is 2.18. The minimum atomic E-state index is -0.0392. The van der Waals surface area contributed by atoms with E-state index in [0.29, 0.717) is 0 Å².